The van der Waals surface area contributed by atoms with E-state index in [9.17, 15) is 9.50 Å². The highest BCUT2D eigenvalue weighted by Gasteiger charge is 2.12. The zero-order valence-corrected chi connectivity index (χ0v) is 12.3. The Labute approximate surface area is 121 Å². The Kier molecular flexibility index (Phi) is 4.72. The molecule has 100 valence electrons. The second-order valence-corrected chi connectivity index (χ2v) is 5.51. The number of rotatable bonds is 4. The zero-order valence-electron chi connectivity index (χ0n) is 10.7. The molecular weight excluding hydrogens is 307 g/mol. The lowest BCUT2D eigenvalue weighted by Gasteiger charge is -2.13. The molecule has 0 radical (unpaired) electrons. The van der Waals surface area contributed by atoms with Crippen LogP contribution in [0.1, 0.15) is 36.1 Å². The molecule has 0 amide bonds. The average Bonchev–Trinajstić information content (AvgIpc) is 2.38. The van der Waals surface area contributed by atoms with Crippen molar-refractivity contribution < 1.29 is 9.50 Å². The van der Waals surface area contributed by atoms with Crippen LogP contribution in [0.3, 0.4) is 0 Å². The maximum atomic E-state index is 13.3. The Morgan fingerprint density at radius 3 is 2.37 bits per heavy atom. The van der Waals surface area contributed by atoms with E-state index in [1.165, 1.54) is 17.7 Å². The van der Waals surface area contributed by atoms with Crippen LogP contribution in [0.25, 0.3) is 0 Å². The Morgan fingerprint density at radius 2 is 1.79 bits per heavy atom. The summed E-state index contributed by atoms with van der Waals surface area (Å²) in [6.07, 6.45) is 1.32. The number of aliphatic hydroxyl groups is 1. The van der Waals surface area contributed by atoms with Gasteiger partial charge >= 0.3 is 0 Å². The van der Waals surface area contributed by atoms with Gasteiger partial charge in [-0.3, -0.25) is 0 Å². The van der Waals surface area contributed by atoms with Gasteiger partial charge in [0.1, 0.15) is 11.9 Å². The summed E-state index contributed by atoms with van der Waals surface area (Å²) in [5, 5.41) is 10.3. The van der Waals surface area contributed by atoms with Crippen molar-refractivity contribution in [2.24, 2.45) is 0 Å². The first kappa shape index (κ1) is 14.2. The number of aliphatic hydroxyl groups excluding tert-OH is 1. The number of aryl methyl sites for hydroxylation is 1. The first-order valence-corrected chi connectivity index (χ1v) is 7.12. The lowest BCUT2D eigenvalue weighted by Crippen LogP contribution is -2.00. The molecule has 2 rings (SSSR count). The van der Waals surface area contributed by atoms with Gasteiger partial charge in [0.2, 0.25) is 0 Å². The van der Waals surface area contributed by atoms with E-state index in [-0.39, 0.29) is 5.82 Å². The van der Waals surface area contributed by atoms with E-state index in [0.29, 0.717) is 10.0 Å². The Hall–Kier alpha value is -1.19. The summed E-state index contributed by atoms with van der Waals surface area (Å²) in [5.74, 6) is -0.356. The molecule has 1 atom stereocenters. The van der Waals surface area contributed by atoms with E-state index in [2.05, 4.69) is 22.9 Å². The Bertz CT molecular complexity index is 531. The van der Waals surface area contributed by atoms with Gasteiger partial charge in [-0.15, -0.1) is 0 Å². The van der Waals surface area contributed by atoms with Gasteiger partial charge in [0.05, 0.1) is 0 Å². The van der Waals surface area contributed by atoms with Crippen molar-refractivity contribution >= 4 is 15.9 Å². The number of hydrogen-bond acceptors (Lipinski definition) is 1. The first-order chi connectivity index (χ1) is 9.10. The van der Waals surface area contributed by atoms with Crippen molar-refractivity contribution in [3.8, 4) is 0 Å². The summed E-state index contributed by atoms with van der Waals surface area (Å²) in [5.41, 5.74) is 2.58. The van der Waals surface area contributed by atoms with Crippen molar-refractivity contribution in [3.05, 3.63) is 69.4 Å². The zero-order chi connectivity index (χ0) is 13.8. The Balaban J connectivity index is 2.25. The van der Waals surface area contributed by atoms with Crippen LogP contribution in [-0.4, -0.2) is 5.11 Å². The molecule has 0 bridgehead atoms. The smallest absolute Gasteiger partial charge is 0.124 e. The van der Waals surface area contributed by atoms with Crippen LogP contribution in [0, 0.1) is 5.82 Å². The van der Waals surface area contributed by atoms with E-state index in [1.54, 1.807) is 6.07 Å². The highest BCUT2D eigenvalue weighted by atomic mass is 79.9. The lowest BCUT2D eigenvalue weighted by atomic mass is 9.99. The highest BCUT2D eigenvalue weighted by molar-refractivity contribution is 9.10. The van der Waals surface area contributed by atoms with Crippen LogP contribution in [0.15, 0.2) is 46.9 Å². The molecular formula is C16H16BrFO. The van der Waals surface area contributed by atoms with Crippen LogP contribution >= 0.6 is 15.9 Å². The molecule has 0 heterocycles. The monoisotopic (exact) mass is 322 g/mol. The van der Waals surface area contributed by atoms with Crippen molar-refractivity contribution in [2.45, 2.75) is 25.9 Å². The first-order valence-electron chi connectivity index (χ1n) is 6.33. The number of halogens is 2. The van der Waals surface area contributed by atoms with Crippen LogP contribution < -0.4 is 0 Å². The summed E-state index contributed by atoms with van der Waals surface area (Å²) >= 11 is 3.23. The maximum absolute atomic E-state index is 13.3. The third-order valence-corrected chi connectivity index (χ3v) is 3.49. The van der Waals surface area contributed by atoms with Gasteiger partial charge in [-0.25, -0.2) is 4.39 Å². The molecule has 19 heavy (non-hydrogen) atoms. The second kappa shape index (κ2) is 6.31. The standard InChI is InChI=1S/C16H16BrFO/c1-2-3-11-4-6-12(7-5-11)16(19)13-8-14(17)10-15(18)9-13/h4-10,16,19H,2-3H2,1H3. The van der Waals surface area contributed by atoms with E-state index < -0.39 is 6.10 Å². The molecule has 1 nitrogen and oxygen atoms in total. The van der Waals surface area contributed by atoms with Gasteiger partial charge in [0, 0.05) is 4.47 Å². The van der Waals surface area contributed by atoms with Gasteiger partial charge in [-0.2, -0.15) is 0 Å². The van der Waals surface area contributed by atoms with E-state index in [0.717, 1.165) is 18.4 Å². The Morgan fingerprint density at radius 1 is 1.11 bits per heavy atom. The molecule has 0 aromatic heterocycles. The number of hydrogen-bond donors (Lipinski definition) is 1. The van der Waals surface area contributed by atoms with E-state index >= 15 is 0 Å². The van der Waals surface area contributed by atoms with Crippen LogP contribution in [0.2, 0.25) is 0 Å². The molecule has 0 saturated carbocycles. The normalized spacial score (nSPS) is 12.4. The van der Waals surface area contributed by atoms with Gasteiger partial charge in [0.15, 0.2) is 0 Å². The fourth-order valence-electron chi connectivity index (χ4n) is 2.08. The van der Waals surface area contributed by atoms with Crippen molar-refractivity contribution in [3.63, 3.8) is 0 Å². The fraction of sp³-hybridized carbons (Fsp3) is 0.250. The predicted molar refractivity (Wildman–Crippen MR) is 78.6 cm³/mol. The molecule has 3 heteroatoms. The quantitative estimate of drug-likeness (QED) is 0.870. The molecule has 0 fully saturated rings. The minimum Gasteiger partial charge on any atom is -0.384 e. The van der Waals surface area contributed by atoms with Crippen LogP contribution in [0.4, 0.5) is 4.39 Å². The van der Waals surface area contributed by atoms with Crippen LogP contribution in [-0.2, 0) is 6.42 Å². The molecule has 1 unspecified atom stereocenters. The molecule has 2 aromatic rings. The summed E-state index contributed by atoms with van der Waals surface area (Å²) in [6, 6.07) is 12.3. The summed E-state index contributed by atoms with van der Waals surface area (Å²) < 4.78 is 14.0. The molecule has 0 aliphatic rings. The summed E-state index contributed by atoms with van der Waals surface area (Å²) in [6.45, 7) is 2.13. The minimum atomic E-state index is -0.803. The second-order valence-electron chi connectivity index (χ2n) is 4.60. The van der Waals surface area contributed by atoms with E-state index in [1.807, 2.05) is 24.3 Å². The molecule has 2 aromatic carbocycles. The molecule has 0 saturated heterocycles. The third kappa shape index (κ3) is 3.64. The van der Waals surface area contributed by atoms with Crippen molar-refractivity contribution in [1.29, 1.82) is 0 Å². The summed E-state index contributed by atoms with van der Waals surface area (Å²) in [4.78, 5) is 0. The highest BCUT2D eigenvalue weighted by Crippen LogP contribution is 2.26. The SMILES string of the molecule is CCCc1ccc(C(O)c2cc(F)cc(Br)c2)cc1. The molecule has 0 aliphatic carbocycles. The molecule has 0 aliphatic heterocycles. The van der Waals surface area contributed by atoms with Gasteiger partial charge < -0.3 is 5.11 Å². The van der Waals surface area contributed by atoms with Gasteiger partial charge in [-0.1, -0.05) is 53.5 Å². The number of benzene rings is 2. The van der Waals surface area contributed by atoms with Gasteiger partial charge in [-0.05, 0) is 41.3 Å². The third-order valence-electron chi connectivity index (χ3n) is 3.03. The maximum Gasteiger partial charge on any atom is 0.124 e. The van der Waals surface area contributed by atoms with Crippen molar-refractivity contribution in [2.75, 3.05) is 0 Å². The topological polar surface area (TPSA) is 20.2 Å². The molecule has 1 N–H and O–H groups in total. The van der Waals surface area contributed by atoms with Crippen LogP contribution in [0.5, 0.6) is 0 Å². The van der Waals surface area contributed by atoms with Gasteiger partial charge in [0.25, 0.3) is 0 Å². The largest absolute Gasteiger partial charge is 0.384 e. The minimum absolute atomic E-state index is 0.356. The predicted octanol–water partition coefficient (Wildman–Crippen LogP) is 4.62. The summed E-state index contributed by atoms with van der Waals surface area (Å²) in [7, 11) is 0. The fourth-order valence-corrected chi connectivity index (χ4v) is 2.56. The average molecular weight is 323 g/mol. The van der Waals surface area contributed by atoms with Crippen molar-refractivity contribution in [1.82, 2.24) is 0 Å². The lowest BCUT2D eigenvalue weighted by molar-refractivity contribution is 0.219. The molecule has 0 spiro atoms. The van der Waals surface area contributed by atoms with E-state index in [4.69, 9.17) is 0 Å².